The van der Waals surface area contributed by atoms with Gasteiger partial charge in [-0.05, 0) is 25.7 Å². The van der Waals surface area contributed by atoms with E-state index in [4.69, 9.17) is 4.74 Å². The maximum Gasteiger partial charge on any atom is 0.252 e. The normalized spacial score (nSPS) is 24.3. The second kappa shape index (κ2) is 4.72. The van der Waals surface area contributed by atoms with E-state index < -0.39 is 0 Å². The smallest absolute Gasteiger partial charge is 0.252 e. The molecule has 3 rings (SSSR count). The third-order valence-corrected chi connectivity index (χ3v) is 3.75. The number of hydrogen-bond donors (Lipinski definition) is 1. The second-order valence-electron chi connectivity index (χ2n) is 5.21. The van der Waals surface area contributed by atoms with Gasteiger partial charge in [-0.1, -0.05) is 0 Å². The van der Waals surface area contributed by atoms with E-state index in [2.05, 4.69) is 14.9 Å². The lowest BCUT2D eigenvalue weighted by Gasteiger charge is -2.32. The SMILES string of the molecule is COC1CCCN(c2cc(=O)[nH]c(C3CC3)n2)C1. The molecule has 1 aromatic rings. The van der Waals surface area contributed by atoms with Crippen molar-refractivity contribution >= 4 is 5.82 Å². The van der Waals surface area contributed by atoms with Crippen LogP contribution in [-0.4, -0.2) is 36.3 Å². The summed E-state index contributed by atoms with van der Waals surface area (Å²) in [6.07, 6.45) is 4.72. The molecule has 18 heavy (non-hydrogen) atoms. The maximum atomic E-state index is 11.7. The van der Waals surface area contributed by atoms with Gasteiger partial charge in [0.1, 0.15) is 11.6 Å². The van der Waals surface area contributed by atoms with E-state index >= 15 is 0 Å². The Bertz CT molecular complexity index is 481. The Balaban J connectivity index is 1.84. The molecule has 0 radical (unpaired) electrons. The van der Waals surface area contributed by atoms with E-state index in [1.165, 1.54) is 0 Å². The van der Waals surface area contributed by atoms with Gasteiger partial charge in [-0.2, -0.15) is 0 Å². The first kappa shape index (κ1) is 11.7. The summed E-state index contributed by atoms with van der Waals surface area (Å²) in [5.41, 5.74) is -0.0403. The van der Waals surface area contributed by atoms with Crippen molar-refractivity contribution in [3.63, 3.8) is 0 Å². The summed E-state index contributed by atoms with van der Waals surface area (Å²) in [4.78, 5) is 21.3. The molecular formula is C13H19N3O2. The van der Waals surface area contributed by atoms with Crippen molar-refractivity contribution in [3.05, 3.63) is 22.2 Å². The average Bonchev–Trinajstić information content (AvgIpc) is 3.22. The van der Waals surface area contributed by atoms with E-state index in [0.29, 0.717) is 5.92 Å². The van der Waals surface area contributed by atoms with Crippen LogP contribution in [0.1, 0.15) is 37.4 Å². The predicted molar refractivity (Wildman–Crippen MR) is 69.1 cm³/mol. The molecule has 1 saturated heterocycles. The number of hydrogen-bond acceptors (Lipinski definition) is 4. The fourth-order valence-electron chi connectivity index (χ4n) is 2.51. The summed E-state index contributed by atoms with van der Waals surface area (Å²) in [6.45, 7) is 1.79. The Morgan fingerprint density at radius 2 is 2.28 bits per heavy atom. The summed E-state index contributed by atoms with van der Waals surface area (Å²) in [5.74, 6) is 2.14. The molecule has 5 nitrogen and oxygen atoms in total. The van der Waals surface area contributed by atoms with E-state index in [-0.39, 0.29) is 11.7 Å². The van der Waals surface area contributed by atoms with Crippen LogP contribution in [0.3, 0.4) is 0 Å². The molecule has 1 aliphatic heterocycles. The number of piperidine rings is 1. The fourth-order valence-corrected chi connectivity index (χ4v) is 2.51. The third-order valence-electron chi connectivity index (χ3n) is 3.75. The molecule has 1 N–H and O–H groups in total. The molecule has 0 aromatic carbocycles. The first-order valence-electron chi connectivity index (χ1n) is 6.65. The zero-order valence-corrected chi connectivity index (χ0v) is 10.7. The molecule has 98 valence electrons. The monoisotopic (exact) mass is 249 g/mol. The minimum atomic E-state index is -0.0403. The van der Waals surface area contributed by atoms with Crippen LogP contribution in [0, 0.1) is 0 Å². The summed E-state index contributed by atoms with van der Waals surface area (Å²) >= 11 is 0. The molecule has 2 heterocycles. The summed E-state index contributed by atoms with van der Waals surface area (Å²) in [5, 5.41) is 0. The lowest BCUT2D eigenvalue weighted by atomic mass is 10.1. The first-order chi connectivity index (χ1) is 8.76. The Hall–Kier alpha value is -1.36. The summed E-state index contributed by atoms with van der Waals surface area (Å²) in [7, 11) is 1.75. The van der Waals surface area contributed by atoms with E-state index in [0.717, 1.165) is 50.4 Å². The van der Waals surface area contributed by atoms with Crippen LogP contribution in [0.5, 0.6) is 0 Å². The number of methoxy groups -OCH3 is 1. The number of aromatic nitrogens is 2. The van der Waals surface area contributed by atoms with Crippen LogP contribution in [0.15, 0.2) is 10.9 Å². The fraction of sp³-hybridized carbons (Fsp3) is 0.692. The average molecular weight is 249 g/mol. The van der Waals surface area contributed by atoms with Gasteiger partial charge in [0.25, 0.3) is 5.56 Å². The Labute approximate surface area is 106 Å². The highest BCUT2D eigenvalue weighted by molar-refractivity contribution is 5.39. The first-order valence-corrected chi connectivity index (χ1v) is 6.65. The van der Waals surface area contributed by atoms with Crippen molar-refractivity contribution in [1.29, 1.82) is 0 Å². The number of aromatic amines is 1. The Kier molecular flexibility index (Phi) is 3.07. The number of rotatable bonds is 3. The standard InChI is InChI=1S/C13H19N3O2/c1-18-10-3-2-6-16(8-10)11-7-12(17)15-13(14-11)9-4-5-9/h7,9-10H,2-6,8H2,1H3,(H,14,15,17). The molecule has 5 heteroatoms. The lowest BCUT2D eigenvalue weighted by molar-refractivity contribution is 0.0891. The van der Waals surface area contributed by atoms with E-state index in [9.17, 15) is 4.79 Å². The number of H-pyrrole nitrogens is 1. The zero-order chi connectivity index (χ0) is 12.5. The van der Waals surface area contributed by atoms with Crippen molar-refractivity contribution in [2.45, 2.75) is 37.7 Å². The minimum Gasteiger partial charge on any atom is -0.380 e. The van der Waals surface area contributed by atoms with Crippen LogP contribution in [0.4, 0.5) is 5.82 Å². The van der Waals surface area contributed by atoms with Gasteiger partial charge in [0, 0.05) is 32.2 Å². The van der Waals surface area contributed by atoms with Crippen molar-refractivity contribution in [2.24, 2.45) is 0 Å². The Morgan fingerprint density at radius 3 is 3.00 bits per heavy atom. The predicted octanol–water partition coefficient (Wildman–Crippen LogP) is 1.26. The molecule has 1 aromatic heterocycles. The van der Waals surface area contributed by atoms with Gasteiger partial charge in [-0.3, -0.25) is 4.79 Å². The number of ether oxygens (including phenoxy) is 1. The van der Waals surface area contributed by atoms with Crippen LogP contribution < -0.4 is 10.5 Å². The molecule has 1 atom stereocenters. The highest BCUT2D eigenvalue weighted by atomic mass is 16.5. The largest absolute Gasteiger partial charge is 0.380 e. The highest BCUT2D eigenvalue weighted by Crippen LogP contribution is 2.38. The molecule has 0 bridgehead atoms. The maximum absolute atomic E-state index is 11.7. The molecular weight excluding hydrogens is 230 g/mol. The van der Waals surface area contributed by atoms with Crippen LogP contribution in [0.2, 0.25) is 0 Å². The molecule has 1 unspecified atom stereocenters. The molecule has 0 spiro atoms. The molecule has 1 aliphatic carbocycles. The van der Waals surface area contributed by atoms with Gasteiger partial charge in [0.05, 0.1) is 6.10 Å². The van der Waals surface area contributed by atoms with E-state index in [1.807, 2.05) is 0 Å². The number of nitrogens with zero attached hydrogens (tertiary/aromatic N) is 2. The third kappa shape index (κ3) is 2.41. The van der Waals surface area contributed by atoms with Gasteiger partial charge < -0.3 is 14.6 Å². The van der Waals surface area contributed by atoms with Gasteiger partial charge >= 0.3 is 0 Å². The van der Waals surface area contributed by atoms with Crippen LogP contribution in [-0.2, 0) is 4.74 Å². The topological polar surface area (TPSA) is 58.2 Å². The van der Waals surface area contributed by atoms with Crippen molar-refractivity contribution < 1.29 is 4.74 Å². The minimum absolute atomic E-state index is 0.0403. The Morgan fingerprint density at radius 1 is 1.44 bits per heavy atom. The molecule has 2 aliphatic rings. The second-order valence-corrected chi connectivity index (χ2v) is 5.21. The van der Waals surface area contributed by atoms with Gasteiger partial charge in [-0.15, -0.1) is 0 Å². The van der Waals surface area contributed by atoms with Crippen LogP contribution >= 0.6 is 0 Å². The summed E-state index contributed by atoms with van der Waals surface area (Å²) < 4.78 is 5.41. The molecule has 1 saturated carbocycles. The number of anilines is 1. The van der Waals surface area contributed by atoms with Crippen molar-refractivity contribution in [1.82, 2.24) is 9.97 Å². The van der Waals surface area contributed by atoms with E-state index in [1.54, 1.807) is 13.2 Å². The van der Waals surface area contributed by atoms with Crippen molar-refractivity contribution in [2.75, 3.05) is 25.1 Å². The quantitative estimate of drug-likeness (QED) is 0.876. The van der Waals surface area contributed by atoms with Gasteiger partial charge in [-0.25, -0.2) is 4.98 Å². The zero-order valence-electron chi connectivity index (χ0n) is 10.7. The van der Waals surface area contributed by atoms with Crippen LogP contribution in [0.25, 0.3) is 0 Å². The molecule has 0 amide bonds. The van der Waals surface area contributed by atoms with Crippen molar-refractivity contribution in [3.8, 4) is 0 Å². The van der Waals surface area contributed by atoms with Gasteiger partial charge in [0.2, 0.25) is 0 Å². The highest BCUT2D eigenvalue weighted by Gasteiger charge is 2.28. The number of nitrogens with one attached hydrogen (secondary N) is 1. The van der Waals surface area contributed by atoms with Gasteiger partial charge in [0.15, 0.2) is 0 Å². The summed E-state index contributed by atoms with van der Waals surface area (Å²) in [6, 6.07) is 1.60. The lowest BCUT2D eigenvalue weighted by Crippen LogP contribution is -2.40. The molecule has 2 fully saturated rings.